The first-order valence-corrected chi connectivity index (χ1v) is 5.91. The molecular formula is C12H13BrFNO2. The van der Waals surface area contributed by atoms with Gasteiger partial charge in [0.25, 0.3) is 5.91 Å². The molecule has 0 bridgehead atoms. The number of hydrogen-bond donors (Lipinski definition) is 0. The van der Waals surface area contributed by atoms with Crippen molar-refractivity contribution in [2.24, 2.45) is 0 Å². The van der Waals surface area contributed by atoms with Crippen LogP contribution in [0.5, 0.6) is 0 Å². The molecule has 1 amide bonds. The van der Waals surface area contributed by atoms with Gasteiger partial charge in [-0.05, 0) is 30.2 Å². The molecule has 92 valence electrons. The van der Waals surface area contributed by atoms with E-state index in [4.69, 9.17) is 0 Å². The second-order valence-electron chi connectivity index (χ2n) is 3.77. The minimum absolute atomic E-state index is 0.308. The molecule has 17 heavy (non-hydrogen) atoms. The van der Waals surface area contributed by atoms with Crippen LogP contribution in [0, 0.1) is 5.82 Å². The Morgan fingerprint density at radius 2 is 2.06 bits per heavy atom. The maximum Gasteiger partial charge on any atom is 0.289 e. The van der Waals surface area contributed by atoms with Crippen LogP contribution < -0.4 is 0 Å². The molecule has 1 rings (SSSR count). The predicted molar refractivity (Wildman–Crippen MR) is 66.1 cm³/mol. The molecule has 0 heterocycles. The summed E-state index contributed by atoms with van der Waals surface area (Å²) in [6.07, 6.45) is 0.376. The Morgan fingerprint density at radius 1 is 1.41 bits per heavy atom. The quantitative estimate of drug-likeness (QED) is 0.800. The van der Waals surface area contributed by atoms with Crippen molar-refractivity contribution >= 4 is 27.6 Å². The van der Waals surface area contributed by atoms with Gasteiger partial charge in [0.2, 0.25) is 5.78 Å². The van der Waals surface area contributed by atoms with Crippen LogP contribution in [0.15, 0.2) is 22.7 Å². The molecule has 0 aliphatic rings. The summed E-state index contributed by atoms with van der Waals surface area (Å²) < 4.78 is 14.2. The molecular weight excluding hydrogens is 289 g/mol. The van der Waals surface area contributed by atoms with Gasteiger partial charge in [-0.3, -0.25) is 9.59 Å². The molecule has 0 aliphatic heterocycles. The van der Waals surface area contributed by atoms with Gasteiger partial charge in [-0.25, -0.2) is 4.39 Å². The van der Waals surface area contributed by atoms with Crippen molar-refractivity contribution in [1.82, 2.24) is 4.90 Å². The van der Waals surface area contributed by atoms with Gasteiger partial charge in [0.15, 0.2) is 0 Å². The summed E-state index contributed by atoms with van der Waals surface area (Å²) in [5, 5.41) is 0. The Hall–Kier alpha value is -1.23. The Labute approximate surface area is 108 Å². The standard InChI is InChI=1S/C12H13BrFNO2/c1-8(16)12(17)15(2)6-5-9-7-10(13)3-4-11(9)14/h3-4,7H,5-6H2,1-2H3. The highest BCUT2D eigenvalue weighted by molar-refractivity contribution is 9.10. The van der Waals surface area contributed by atoms with Crippen LogP contribution in [0.4, 0.5) is 4.39 Å². The summed E-state index contributed by atoms with van der Waals surface area (Å²) in [6, 6.07) is 4.65. The Bertz CT molecular complexity index is 448. The van der Waals surface area contributed by atoms with Crippen LogP contribution in [0.1, 0.15) is 12.5 Å². The Morgan fingerprint density at radius 3 is 2.65 bits per heavy atom. The number of hydrogen-bond acceptors (Lipinski definition) is 2. The minimum atomic E-state index is -0.555. The molecule has 1 aromatic rings. The van der Waals surface area contributed by atoms with Crippen molar-refractivity contribution in [2.75, 3.05) is 13.6 Å². The number of likely N-dealkylation sites (N-methyl/N-ethyl adjacent to an activating group) is 1. The molecule has 0 aromatic heterocycles. The van der Waals surface area contributed by atoms with Crippen molar-refractivity contribution in [2.45, 2.75) is 13.3 Å². The van der Waals surface area contributed by atoms with E-state index in [0.717, 1.165) is 4.47 Å². The van der Waals surface area contributed by atoms with Gasteiger partial charge in [-0.2, -0.15) is 0 Å². The lowest BCUT2D eigenvalue weighted by Gasteiger charge is -2.15. The monoisotopic (exact) mass is 301 g/mol. The van der Waals surface area contributed by atoms with E-state index in [9.17, 15) is 14.0 Å². The molecule has 1 aromatic carbocycles. The van der Waals surface area contributed by atoms with Gasteiger partial charge >= 0.3 is 0 Å². The third-order valence-corrected chi connectivity index (χ3v) is 2.87. The van der Waals surface area contributed by atoms with Crippen LogP contribution in [0.3, 0.4) is 0 Å². The molecule has 0 aliphatic carbocycles. The number of nitrogens with zero attached hydrogens (tertiary/aromatic N) is 1. The van der Waals surface area contributed by atoms with E-state index in [0.29, 0.717) is 18.5 Å². The molecule has 0 unspecified atom stereocenters. The molecule has 0 spiro atoms. The average Bonchev–Trinajstić information content (AvgIpc) is 2.28. The number of carbonyl (C=O) groups is 2. The van der Waals surface area contributed by atoms with Gasteiger partial charge in [0.1, 0.15) is 5.82 Å². The molecule has 0 saturated carbocycles. The van der Waals surface area contributed by atoms with Gasteiger partial charge in [0, 0.05) is 25.0 Å². The first-order valence-electron chi connectivity index (χ1n) is 5.11. The topological polar surface area (TPSA) is 37.4 Å². The SMILES string of the molecule is CC(=O)C(=O)N(C)CCc1cc(Br)ccc1F. The van der Waals surface area contributed by atoms with Crippen LogP contribution in [0.25, 0.3) is 0 Å². The van der Waals surface area contributed by atoms with E-state index >= 15 is 0 Å². The summed E-state index contributed by atoms with van der Waals surface area (Å²) in [4.78, 5) is 23.4. The molecule has 0 fully saturated rings. The van der Waals surface area contributed by atoms with Crippen LogP contribution in [-0.4, -0.2) is 30.2 Å². The predicted octanol–water partition coefficient (Wildman–Crippen LogP) is 2.18. The van der Waals surface area contributed by atoms with Crippen LogP contribution in [-0.2, 0) is 16.0 Å². The van der Waals surface area contributed by atoms with Crippen molar-refractivity contribution in [3.8, 4) is 0 Å². The number of benzene rings is 1. The van der Waals surface area contributed by atoms with E-state index in [1.54, 1.807) is 12.1 Å². The smallest absolute Gasteiger partial charge is 0.289 e. The zero-order valence-electron chi connectivity index (χ0n) is 9.67. The van der Waals surface area contributed by atoms with Crippen LogP contribution >= 0.6 is 15.9 Å². The molecule has 0 saturated heterocycles. The van der Waals surface area contributed by atoms with Crippen molar-refractivity contribution in [1.29, 1.82) is 0 Å². The summed E-state index contributed by atoms with van der Waals surface area (Å²) in [7, 11) is 1.53. The van der Waals surface area contributed by atoms with Gasteiger partial charge in [-0.15, -0.1) is 0 Å². The normalized spacial score (nSPS) is 10.1. The fourth-order valence-corrected chi connectivity index (χ4v) is 1.80. The molecule has 3 nitrogen and oxygen atoms in total. The lowest BCUT2D eigenvalue weighted by Crippen LogP contribution is -2.33. The third-order valence-electron chi connectivity index (χ3n) is 2.37. The van der Waals surface area contributed by atoms with Gasteiger partial charge in [0.05, 0.1) is 0 Å². The fourth-order valence-electron chi connectivity index (χ4n) is 1.39. The molecule has 0 atom stereocenters. The minimum Gasteiger partial charge on any atom is -0.339 e. The third kappa shape index (κ3) is 3.93. The first-order chi connectivity index (χ1) is 7.91. The van der Waals surface area contributed by atoms with E-state index in [2.05, 4.69) is 15.9 Å². The fraction of sp³-hybridized carbons (Fsp3) is 0.333. The largest absolute Gasteiger partial charge is 0.339 e. The first kappa shape index (κ1) is 13.8. The van der Waals surface area contributed by atoms with Crippen molar-refractivity contribution in [3.05, 3.63) is 34.1 Å². The molecule has 0 N–H and O–H groups in total. The second kappa shape index (κ2) is 5.91. The van der Waals surface area contributed by atoms with E-state index < -0.39 is 11.7 Å². The second-order valence-corrected chi connectivity index (χ2v) is 4.68. The zero-order chi connectivity index (χ0) is 13.0. The van der Waals surface area contributed by atoms with Crippen molar-refractivity contribution in [3.63, 3.8) is 0 Å². The lowest BCUT2D eigenvalue weighted by molar-refractivity contribution is -0.142. The number of amides is 1. The summed E-state index contributed by atoms with van der Waals surface area (Å²) in [5.74, 6) is -1.38. The Balaban J connectivity index is 2.64. The summed E-state index contributed by atoms with van der Waals surface area (Å²) in [5.41, 5.74) is 0.516. The summed E-state index contributed by atoms with van der Waals surface area (Å²) in [6.45, 7) is 1.53. The van der Waals surface area contributed by atoms with Gasteiger partial charge < -0.3 is 4.90 Å². The van der Waals surface area contributed by atoms with Crippen molar-refractivity contribution < 1.29 is 14.0 Å². The zero-order valence-corrected chi connectivity index (χ0v) is 11.3. The van der Waals surface area contributed by atoms with E-state index in [-0.39, 0.29) is 5.82 Å². The van der Waals surface area contributed by atoms with E-state index in [1.807, 2.05) is 0 Å². The average molecular weight is 302 g/mol. The van der Waals surface area contributed by atoms with Gasteiger partial charge in [-0.1, -0.05) is 15.9 Å². The highest BCUT2D eigenvalue weighted by atomic mass is 79.9. The maximum absolute atomic E-state index is 13.4. The summed E-state index contributed by atoms with van der Waals surface area (Å²) >= 11 is 3.25. The molecule has 0 radical (unpaired) electrons. The highest BCUT2D eigenvalue weighted by Crippen LogP contribution is 2.16. The number of ketones is 1. The Kier molecular flexibility index (Phi) is 4.81. The number of halogens is 2. The number of carbonyl (C=O) groups excluding carboxylic acids is 2. The van der Waals surface area contributed by atoms with Crippen LogP contribution in [0.2, 0.25) is 0 Å². The number of rotatable bonds is 4. The highest BCUT2D eigenvalue weighted by Gasteiger charge is 2.14. The number of Topliss-reactive ketones (excluding diaryl/α,β-unsaturated/α-hetero) is 1. The maximum atomic E-state index is 13.4. The lowest BCUT2D eigenvalue weighted by atomic mass is 10.1. The van der Waals surface area contributed by atoms with E-state index in [1.165, 1.54) is 24.9 Å². The molecule has 5 heteroatoms.